The first kappa shape index (κ1) is 36.0. The number of rotatable bonds is 8. The topological polar surface area (TPSA) is 116 Å². The minimum atomic E-state index is -1.69. The van der Waals surface area contributed by atoms with Crippen LogP contribution >= 0.6 is 24.4 Å². The zero-order chi connectivity index (χ0) is 32.4. The van der Waals surface area contributed by atoms with Gasteiger partial charge in [0.1, 0.15) is 33.1 Å². The number of likely N-dealkylation sites (N-methyl/N-ethyl adjacent to an activating group) is 2. The van der Waals surface area contributed by atoms with Gasteiger partial charge in [0, 0.05) is 40.0 Å². The molecular formula is C30H38F2N4O7S2. The van der Waals surface area contributed by atoms with E-state index in [4.69, 9.17) is 43.4 Å². The van der Waals surface area contributed by atoms with Crippen LogP contribution in [0.4, 0.5) is 8.78 Å². The van der Waals surface area contributed by atoms with Crippen LogP contribution in [0, 0.1) is 11.6 Å². The van der Waals surface area contributed by atoms with Gasteiger partial charge in [-0.2, -0.15) is 0 Å². The average Bonchev–Trinajstić information content (AvgIpc) is 3.11. The van der Waals surface area contributed by atoms with Crippen LogP contribution in [0.15, 0.2) is 36.4 Å². The first-order chi connectivity index (χ1) is 20.6. The Bertz CT molecular complexity index is 1360. The van der Waals surface area contributed by atoms with Crippen LogP contribution in [0.3, 0.4) is 0 Å². The van der Waals surface area contributed by atoms with E-state index < -0.39 is 35.1 Å². The number of thiocarbonyl (C=S) groups is 2. The fourth-order valence-electron chi connectivity index (χ4n) is 4.94. The summed E-state index contributed by atoms with van der Waals surface area (Å²) >= 11 is 11.1. The lowest BCUT2D eigenvalue weighted by Crippen LogP contribution is -2.54. The maximum Gasteiger partial charge on any atom is 0.420 e. The molecule has 0 amide bonds. The molecule has 0 bridgehead atoms. The van der Waals surface area contributed by atoms with Crippen molar-refractivity contribution in [1.29, 1.82) is 0 Å². The lowest BCUT2D eigenvalue weighted by atomic mass is 10.1. The molecule has 2 N–H and O–H groups in total. The molecule has 11 nitrogen and oxygen atoms in total. The zero-order valence-electron chi connectivity index (χ0n) is 26.0. The number of carbonyl (C=O) groups is 2. The Morgan fingerprint density at radius 1 is 0.778 bits per heavy atom. The lowest BCUT2D eigenvalue weighted by molar-refractivity contribution is -0.227. The van der Waals surface area contributed by atoms with E-state index >= 15 is 0 Å². The van der Waals surface area contributed by atoms with Gasteiger partial charge >= 0.3 is 11.9 Å². The third kappa shape index (κ3) is 8.41. The number of hydrogen-bond acceptors (Lipinski definition) is 10. The molecule has 2 aliphatic rings. The minimum absolute atomic E-state index is 0. The molecule has 2 aromatic carbocycles. The van der Waals surface area contributed by atoms with Crippen LogP contribution in [0.2, 0.25) is 0 Å². The Morgan fingerprint density at radius 2 is 1.13 bits per heavy atom. The van der Waals surface area contributed by atoms with Gasteiger partial charge < -0.3 is 44.0 Å². The molecule has 2 unspecified atom stereocenters. The van der Waals surface area contributed by atoms with Gasteiger partial charge in [-0.15, -0.1) is 0 Å². The van der Waals surface area contributed by atoms with Crippen LogP contribution in [0.25, 0.3) is 0 Å². The smallest absolute Gasteiger partial charge is 0.420 e. The van der Waals surface area contributed by atoms with E-state index in [2.05, 4.69) is 0 Å². The van der Waals surface area contributed by atoms with E-state index in [0.717, 1.165) is 0 Å². The average molecular weight is 669 g/mol. The van der Waals surface area contributed by atoms with Gasteiger partial charge in [-0.1, -0.05) is 24.4 Å². The molecule has 2 atom stereocenters. The fourth-order valence-corrected chi connectivity index (χ4v) is 5.39. The standard InChI is InChI=1S/C30H36F2N4O6S2.H2O/c1-33(2)13-11-29(17-35(5)25(43)21-15-19(31)7-9-23(21)39-29)41-27(37)28(38)42-30(12-14-34(3)4)18-36(6)26(44)22-16-20(32)8-10-24(22)40-30;/h7-10,15-16H,11-14,17-18H2,1-6H3;1H2. The molecule has 246 valence electrons. The molecule has 0 spiro atoms. The van der Waals surface area contributed by atoms with Crippen molar-refractivity contribution in [2.75, 3.05) is 68.5 Å². The summed E-state index contributed by atoms with van der Waals surface area (Å²) in [5.41, 5.74) is 0.632. The monoisotopic (exact) mass is 668 g/mol. The highest BCUT2D eigenvalue weighted by Gasteiger charge is 2.47. The van der Waals surface area contributed by atoms with Crippen LogP contribution in [-0.4, -0.2) is 127 Å². The van der Waals surface area contributed by atoms with Crippen molar-refractivity contribution in [2.45, 2.75) is 24.4 Å². The zero-order valence-corrected chi connectivity index (χ0v) is 27.7. The first-order valence-electron chi connectivity index (χ1n) is 13.9. The molecule has 2 aromatic rings. The van der Waals surface area contributed by atoms with Gasteiger partial charge in [0.25, 0.3) is 11.6 Å². The van der Waals surface area contributed by atoms with Crippen LogP contribution < -0.4 is 9.47 Å². The molecule has 2 aliphatic heterocycles. The summed E-state index contributed by atoms with van der Waals surface area (Å²) in [7, 11) is 10.7. The molecule has 0 aromatic heterocycles. The van der Waals surface area contributed by atoms with Crippen molar-refractivity contribution in [3.8, 4) is 11.5 Å². The molecule has 0 saturated carbocycles. The highest BCUT2D eigenvalue weighted by atomic mass is 32.1. The number of carbonyl (C=O) groups excluding carboxylic acids is 2. The predicted octanol–water partition coefficient (Wildman–Crippen LogP) is 2.22. The van der Waals surface area contributed by atoms with Crippen LogP contribution in [0.1, 0.15) is 24.0 Å². The fraction of sp³-hybridized carbons (Fsp3) is 0.467. The quantitative estimate of drug-likeness (QED) is 0.234. The minimum Gasteiger partial charge on any atom is -0.450 e. The Hall–Kier alpha value is -3.50. The highest BCUT2D eigenvalue weighted by molar-refractivity contribution is 7.81. The number of hydrogen-bond donors (Lipinski definition) is 0. The van der Waals surface area contributed by atoms with Gasteiger partial charge in [-0.25, -0.2) is 18.4 Å². The van der Waals surface area contributed by atoms with Crippen molar-refractivity contribution in [3.05, 3.63) is 59.2 Å². The molecule has 0 radical (unpaired) electrons. The van der Waals surface area contributed by atoms with Gasteiger partial charge in [0.2, 0.25) is 0 Å². The summed E-state index contributed by atoms with van der Waals surface area (Å²) in [6, 6.07) is 7.72. The van der Waals surface area contributed by atoms with Crippen molar-refractivity contribution in [3.63, 3.8) is 0 Å². The van der Waals surface area contributed by atoms with Crippen molar-refractivity contribution < 1.29 is 42.8 Å². The number of ether oxygens (including phenoxy) is 4. The number of fused-ring (bicyclic) bond motifs is 2. The summed E-state index contributed by atoms with van der Waals surface area (Å²) in [6.45, 7) is 0.719. The van der Waals surface area contributed by atoms with Crippen LogP contribution in [-0.2, 0) is 19.1 Å². The van der Waals surface area contributed by atoms with Gasteiger partial charge in [0.15, 0.2) is 0 Å². The summed E-state index contributed by atoms with van der Waals surface area (Å²) < 4.78 is 52.4. The second-order valence-electron chi connectivity index (χ2n) is 11.5. The Morgan fingerprint density at radius 3 is 1.47 bits per heavy atom. The van der Waals surface area contributed by atoms with E-state index in [0.29, 0.717) is 24.2 Å². The summed E-state index contributed by atoms with van der Waals surface area (Å²) in [4.78, 5) is 34.6. The maximum absolute atomic E-state index is 14.1. The van der Waals surface area contributed by atoms with E-state index in [1.165, 1.54) is 36.4 Å². The number of benzene rings is 2. The molecule has 4 rings (SSSR count). The summed E-state index contributed by atoms with van der Waals surface area (Å²) in [5, 5.41) is 0. The van der Waals surface area contributed by atoms with E-state index in [-0.39, 0.29) is 52.9 Å². The first-order valence-corrected chi connectivity index (χ1v) is 14.7. The van der Waals surface area contributed by atoms with E-state index in [1.54, 1.807) is 23.9 Å². The molecule has 45 heavy (non-hydrogen) atoms. The maximum atomic E-state index is 14.1. The molecule has 0 fully saturated rings. The van der Waals surface area contributed by atoms with Crippen molar-refractivity contribution >= 4 is 46.4 Å². The molecule has 0 aliphatic carbocycles. The normalized spacial score (nSPS) is 21.1. The molecule has 2 heterocycles. The summed E-state index contributed by atoms with van der Waals surface area (Å²) in [6.07, 6.45) is 0.280. The Labute approximate surface area is 271 Å². The lowest BCUT2D eigenvalue weighted by Gasteiger charge is -2.37. The third-order valence-electron chi connectivity index (χ3n) is 7.19. The van der Waals surface area contributed by atoms with Crippen molar-refractivity contribution in [2.24, 2.45) is 0 Å². The number of esters is 2. The van der Waals surface area contributed by atoms with Gasteiger partial charge in [0.05, 0.1) is 24.2 Å². The van der Waals surface area contributed by atoms with Gasteiger partial charge in [-0.3, -0.25) is 0 Å². The number of nitrogens with zero attached hydrogens (tertiary/aromatic N) is 4. The highest BCUT2D eigenvalue weighted by Crippen LogP contribution is 2.35. The SMILES string of the molecule is CN(C)CCC1(OC(=O)C(=O)OC2(CCN(C)C)CN(C)C(=S)c3cc(F)ccc3O2)CN(C)C(=S)c2cc(F)ccc2O1.O. The number of halogens is 2. The second kappa shape index (κ2) is 14.3. The predicted molar refractivity (Wildman–Crippen MR) is 170 cm³/mol. The van der Waals surface area contributed by atoms with Gasteiger partial charge in [-0.05, 0) is 64.6 Å². The molecule has 0 saturated heterocycles. The van der Waals surface area contributed by atoms with Crippen molar-refractivity contribution in [1.82, 2.24) is 19.6 Å². The third-order valence-corrected chi connectivity index (χ3v) is 8.25. The van der Waals surface area contributed by atoms with E-state index in [1.807, 2.05) is 38.0 Å². The summed E-state index contributed by atoms with van der Waals surface area (Å²) in [5.74, 6) is -6.64. The van der Waals surface area contributed by atoms with E-state index in [9.17, 15) is 18.4 Å². The van der Waals surface area contributed by atoms with Crippen LogP contribution in [0.5, 0.6) is 11.5 Å². The molecule has 15 heteroatoms. The largest absolute Gasteiger partial charge is 0.450 e. The molecular weight excluding hydrogens is 630 g/mol. The second-order valence-corrected chi connectivity index (χ2v) is 12.3. The Balaban J connectivity index is 0.00000552. The Kier molecular flexibility index (Phi) is 11.4.